The van der Waals surface area contributed by atoms with E-state index in [0.717, 1.165) is 17.9 Å². The molecule has 41 heavy (non-hydrogen) atoms. The highest BCUT2D eigenvalue weighted by atomic mass is 32.2. The van der Waals surface area contributed by atoms with E-state index < -0.39 is 14.4 Å². The molecule has 2 aromatic carbocycles. The number of thioether (sulfide) groups is 2. The molecule has 0 aliphatic carbocycles. The number of benzene rings is 2. The summed E-state index contributed by atoms with van der Waals surface area (Å²) in [6.07, 6.45) is 1.16. The minimum Gasteiger partial charge on any atom is -0.469 e. The topological polar surface area (TPSA) is 82.1 Å². The Labute approximate surface area is 257 Å². The Hall–Kier alpha value is -1.78. The molecule has 0 heterocycles. The normalized spacial score (nSPS) is 13.0. The van der Waals surface area contributed by atoms with E-state index in [4.69, 9.17) is 9.16 Å². The summed E-state index contributed by atoms with van der Waals surface area (Å²) in [6, 6.07) is 16.8. The Morgan fingerprint density at radius 1 is 0.780 bits per heavy atom. The molecular formula is C32H50O6S2Si. The monoisotopic (exact) mass is 622 g/mol. The summed E-state index contributed by atoms with van der Waals surface area (Å²) >= 11 is 3.49. The maximum atomic E-state index is 11.7. The SMILES string of the molecule is COC(=O)CC(CCSc1ccc(C)cc1)O[Si](C)(C)C(C)(C)C.COC(=O)CC(O)CCSc1ccc(C)cc1. The molecule has 0 amide bonds. The second-order valence-electron chi connectivity index (χ2n) is 11.6. The number of carbonyl (C=O) groups excluding carboxylic acids is 2. The highest BCUT2D eigenvalue weighted by Gasteiger charge is 2.39. The third-order valence-corrected chi connectivity index (χ3v) is 13.6. The van der Waals surface area contributed by atoms with E-state index in [2.05, 4.69) is 101 Å². The van der Waals surface area contributed by atoms with Crippen molar-refractivity contribution in [3.05, 3.63) is 59.7 Å². The van der Waals surface area contributed by atoms with E-state index in [-0.39, 0.29) is 29.5 Å². The number of aryl methyl sites for hydroxylation is 2. The Balaban J connectivity index is 0.000000435. The molecule has 0 spiro atoms. The number of rotatable bonds is 14. The quantitative estimate of drug-likeness (QED) is 0.130. The minimum atomic E-state index is -1.90. The third kappa shape index (κ3) is 15.9. The second-order valence-corrected chi connectivity index (χ2v) is 18.7. The van der Waals surface area contributed by atoms with Crippen molar-refractivity contribution in [2.75, 3.05) is 25.7 Å². The van der Waals surface area contributed by atoms with Gasteiger partial charge in [-0.3, -0.25) is 9.59 Å². The van der Waals surface area contributed by atoms with Gasteiger partial charge >= 0.3 is 11.9 Å². The van der Waals surface area contributed by atoms with Crippen LogP contribution in [0, 0.1) is 13.8 Å². The summed E-state index contributed by atoms with van der Waals surface area (Å²) in [4.78, 5) is 25.1. The largest absolute Gasteiger partial charge is 0.469 e. The van der Waals surface area contributed by atoms with Gasteiger partial charge in [0, 0.05) is 21.3 Å². The van der Waals surface area contributed by atoms with Gasteiger partial charge in [0.2, 0.25) is 0 Å². The van der Waals surface area contributed by atoms with Crippen LogP contribution in [0.1, 0.15) is 57.6 Å². The molecule has 0 saturated carbocycles. The molecule has 0 bridgehead atoms. The Morgan fingerprint density at radius 2 is 1.20 bits per heavy atom. The Bertz CT molecular complexity index is 1040. The first-order valence-corrected chi connectivity index (χ1v) is 18.9. The lowest BCUT2D eigenvalue weighted by Crippen LogP contribution is -2.44. The molecule has 0 radical (unpaired) electrons. The molecule has 0 aliphatic heterocycles. The number of hydrogen-bond donors (Lipinski definition) is 1. The van der Waals surface area contributed by atoms with Crippen LogP contribution < -0.4 is 0 Å². The minimum absolute atomic E-state index is 0.0729. The number of aliphatic hydroxyl groups excluding tert-OH is 1. The molecule has 0 saturated heterocycles. The van der Waals surface area contributed by atoms with Crippen LogP contribution in [0.2, 0.25) is 18.1 Å². The van der Waals surface area contributed by atoms with Crippen LogP contribution in [-0.4, -0.2) is 63.3 Å². The average molecular weight is 623 g/mol. The standard InChI is InChI=1S/C19H32O3SSi.C13H18O3S/c1-15-8-10-17(11-9-15)23-13-12-16(14-18(20)21-5)22-24(6,7)19(2,3)4;1-10-3-5-12(6-4-10)17-8-7-11(14)9-13(15)16-2/h8-11,16H,12-14H2,1-7H3;3-6,11,14H,7-9H2,1-2H3. The average Bonchev–Trinajstić information content (AvgIpc) is 2.90. The third-order valence-electron chi connectivity index (χ3n) is 6.99. The van der Waals surface area contributed by atoms with E-state index in [1.54, 1.807) is 11.8 Å². The van der Waals surface area contributed by atoms with Gasteiger partial charge in [-0.1, -0.05) is 56.2 Å². The van der Waals surface area contributed by atoms with Gasteiger partial charge in [0.05, 0.1) is 39.3 Å². The van der Waals surface area contributed by atoms with E-state index >= 15 is 0 Å². The second kappa shape index (κ2) is 18.7. The van der Waals surface area contributed by atoms with E-state index in [0.29, 0.717) is 12.8 Å². The van der Waals surface area contributed by atoms with Gasteiger partial charge in [0.25, 0.3) is 0 Å². The van der Waals surface area contributed by atoms with Crippen LogP contribution in [0.15, 0.2) is 58.3 Å². The summed E-state index contributed by atoms with van der Waals surface area (Å²) in [5, 5.41) is 9.69. The smallest absolute Gasteiger partial charge is 0.308 e. The first-order chi connectivity index (χ1) is 19.2. The fraction of sp³-hybridized carbons (Fsp3) is 0.562. The van der Waals surface area contributed by atoms with Crippen molar-refractivity contribution in [1.82, 2.24) is 0 Å². The molecule has 0 fully saturated rings. The predicted octanol–water partition coefficient (Wildman–Crippen LogP) is 7.83. The molecule has 0 aromatic heterocycles. The molecule has 230 valence electrons. The molecule has 2 rings (SSSR count). The lowest BCUT2D eigenvalue weighted by atomic mass is 10.2. The molecule has 6 nitrogen and oxygen atoms in total. The molecule has 2 atom stereocenters. The molecule has 9 heteroatoms. The van der Waals surface area contributed by atoms with Gasteiger partial charge in [0.15, 0.2) is 8.32 Å². The predicted molar refractivity (Wildman–Crippen MR) is 174 cm³/mol. The van der Waals surface area contributed by atoms with Crippen LogP contribution in [0.3, 0.4) is 0 Å². The van der Waals surface area contributed by atoms with E-state index in [1.807, 2.05) is 11.8 Å². The molecule has 0 aliphatic rings. The fourth-order valence-corrected chi connectivity index (χ4v) is 6.62. The van der Waals surface area contributed by atoms with Crippen molar-refractivity contribution in [2.24, 2.45) is 0 Å². The number of aliphatic hydroxyl groups is 1. The number of ether oxygens (including phenoxy) is 2. The molecule has 1 N–H and O–H groups in total. The molecule has 2 unspecified atom stereocenters. The zero-order chi connectivity index (χ0) is 31.1. The van der Waals surface area contributed by atoms with E-state index in [9.17, 15) is 14.7 Å². The first kappa shape index (κ1) is 37.2. The fourth-order valence-electron chi connectivity index (χ4n) is 3.33. The maximum Gasteiger partial charge on any atom is 0.308 e. The first-order valence-electron chi connectivity index (χ1n) is 14.0. The van der Waals surface area contributed by atoms with Crippen molar-refractivity contribution in [3.8, 4) is 0 Å². The van der Waals surface area contributed by atoms with Crippen molar-refractivity contribution in [2.45, 2.75) is 100 Å². The number of hydrogen-bond acceptors (Lipinski definition) is 8. The zero-order valence-corrected chi connectivity index (χ0v) is 29.0. The Morgan fingerprint density at radius 3 is 1.61 bits per heavy atom. The summed E-state index contributed by atoms with van der Waals surface area (Å²) in [6.45, 7) is 15.2. The van der Waals surface area contributed by atoms with Gasteiger partial charge in [-0.05, 0) is 69.1 Å². The van der Waals surface area contributed by atoms with Crippen LogP contribution >= 0.6 is 23.5 Å². The molecule has 2 aromatic rings. The summed E-state index contributed by atoms with van der Waals surface area (Å²) < 4.78 is 15.8. The van der Waals surface area contributed by atoms with Gasteiger partial charge < -0.3 is 19.0 Å². The zero-order valence-electron chi connectivity index (χ0n) is 26.3. The van der Waals surface area contributed by atoms with Crippen molar-refractivity contribution in [3.63, 3.8) is 0 Å². The lowest BCUT2D eigenvalue weighted by molar-refractivity contribution is -0.143. The summed E-state index contributed by atoms with van der Waals surface area (Å²) in [5.74, 6) is 1.16. The molecular weight excluding hydrogens is 573 g/mol. The summed E-state index contributed by atoms with van der Waals surface area (Å²) in [7, 11) is 0.865. The van der Waals surface area contributed by atoms with Crippen LogP contribution in [-0.2, 0) is 23.5 Å². The van der Waals surface area contributed by atoms with Gasteiger partial charge in [0.1, 0.15) is 0 Å². The number of methoxy groups -OCH3 is 2. The number of esters is 2. The van der Waals surface area contributed by atoms with Crippen molar-refractivity contribution < 1.29 is 28.6 Å². The van der Waals surface area contributed by atoms with Gasteiger partial charge in [-0.2, -0.15) is 0 Å². The van der Waals surface area contributed by atoms with Crippen LogP contribution in [0.5, 0.6) is 0 Å². The summed E-state index contributed by atoms with van der Waals surface area (Å²) in [5.41, 5.74) is 2.50. The maximum absolute atomic E-state index is 11.7. The van der Waals surface area contributed by atoms with E-state index in [1.165, 1.54) is 35.1 Å². The van der Waals surface area contributed by atoms with Gasteiger partial charge in [-0.15, -0.1) is 23.5 Å². The highest BCUT2D eigenvalue weighted by Crippen LogP contribution is 2.38. The van der Waals surface area contributed by atoms with Crippen LogP contribution in [0.4, 0.5) is 0 Å². The van der Waals surface area contributed by atoms with Crippen molar-refractivity contribution in [1.29, 1.82) is 0 Å². The Kier molecular flexibility index (Phi) is 17.0. The lowest BCUT2D eigenvalue weighted by Gasteiger charge is -2.39. The number of carbonyl (C=O) groups is 2. The van der Waals surface area contributed by atoms with Crippen LogP contribution in [0.25, 0.3) is 0 Å². The van der Waals surface area contributed by atoms with Gasteiger partial charge in [-0.25, -0.2) is 0 Å². The van der Waals surface area contributed by atoms with Crippen molar-refractivity contribution >= 4 is 43.8 Å². The highest BCUT2D eigenvalue weighted by molar-refractivity contribution is 7.99.